The Balaban J connectivity index is 4.76. The normalized spacial score (nSPS) is 17.4. The number of hydrogen-bond acceptors (Lipinski definition) is 3. The highest BCUT2D eigenvalue weighted by atomic mass is 19.4. The topological polar surface area (TPSA) is 92.4 Å². The van der Waals surface area contributed by atoms with Crippen LogP contribution in [-0.2, 0) is 9.59 Å². The summed E-state index contributed by atoms with van der Waals surface area (Å²) in [5.41, 5.74) is 1.71. The number of rotatable bonds is 4. The first-order valence-corrected chi connectivity index (χ1v) is 4.43. The molecule has 4 N–H and O–H groups in total. The van der Waals surface area contributed by atoms with Crippen LogP contribution in [0.4, 0.5) is 13.2 Å². The molecule has 0 aliphatic rings. The van der Waals surface area contributed by atoms with E-state index in [1.165, 1.54) is 6.92 Å². The van der Waals surface area contributed by atoms with E-state index in [-0.39, 0.29) is 6.42 Å². The lowest BCUT2D eigenvalue weighted by Gasteiger charge is -2.27. The van der Waals surface area contributed by atoms with Crippen molar-refractivity contribution in [1.82, 2.24) is 5.32 Å². The summed E-state index contributed by atoms with van der Waals surface area (Å²) < 4.78 is 36.9. The molecule has 0 aromatic carbocycles. The van der Waals surface area contributed by atoms with Crippen LogP contribution < -0.4 is 11.1 Å². The summed E-state index contributed by atoms with van der Waals surface area (Å²) in [6.07, 6.45) is -4.97. The lowest BCUT2D eigenvalue weighted by atomic mass is 10.0. The van der Waals surface area contributed by atoms with Crippen molar-refractivity contribution >= 4 is 11.9 Å². The van der Waals surface area contributed by atoms with E-state index in [1.807, 2.05) is 0 Å². The SMILES string of the molecule is CCC(NC(=O)C(C)(N)C(F)(F)F)C(=O)O. The van der Waals surface area contributed by atoms with Gasteiger partial charge in [-0.25, -0.2) is 4.79 Å². The van der Waals surface area contributed by atoms with E-state index in [1.54, 1.807) is 5.32 Å². The van der Waals surface area contributed by atoms with Gasteiger partial charge in [0.1, 0.15) is 6.04 Å². The highest BCUT2D eigenvalue weighted by molar-refractivity contribution is 5.90. The molecule has 0 bridgehead atoms. The van der Waals surface area contributed by atoms with Gasteiger partial charge in [-0.3, -0.25) is 4.79 Å². The molecule has 0 heterocycles. The first kappa shape index (κ1) is 14.7. The molecule has 0 saturated heterocycles. The summed E-state index contributed by atoms with van der Waals surface area (Å²) >= 11 is 0. The quantitative estimate of drug-likeness (QED) is 0.658. The van der Waals surface area contributed by atoms with Crippen molar-refractivity contribution in [1.29, 1.82) is 0 Å². The second kappa shape index (κ2) is 4.69. The Bertz CT molecular complexity index is 289. The predicted molar refractivity (Wildman–Crippen MR) is 48.5 cm³/mol. The second-order valence-electron chi connectivity index (χ2n) is 3.47. The van der Waals surface area contributed by atoms with Crippen molar-refractivity contribution in [3.05, 3.63) is 0 Å². The molecule has 2 atom stereocenters. The summed E-state index contributed by atoms with van der Waals surface area (Å²) in [5.74, 6) is -2.97. The number of nitrogens with two attached hydrogens (primary N) is 1. The molecule has 94 valence electrons. The molecule has 1 amide bonds. The Labute approximate surface area is 89.8 Å². The van der Waals surface area contributed by atoms with Gasteiger partial charge in [-0.2, -0.15) is 13.2 Å². The Kier molecular flexibility index (Phi) is 4.30. The molecule has 0 saturated carbocycles. The predicted octanol–water partition coefficient (Wildman–Crippen LogP) is 0.245. The average molecular weight is 242 g/mol. The lowest BCUT2D eigenvalue weighted by molar-refractivity contribution is -0.188. The number of alkyl halides is 3. The second-order valence-corrected chi connectivity index (χ2v) is 3.47. The lowest BCUT2D eigenvalue weighted by Crippen LogP contribution is -2.63. The van der Waals surface area contributed by atoms with Crippen molar-refractivity contribution in [3.8, 4) is 0 Å². The van der Waals surface area contributed by atoms with E-state index in [0.29, 0.717) is 6.92 Å². The molecule has 0 radical (unpaired) electrons. The van der Waals surface area contributed by atoms with Gasteiger partial charge in [-0.05, 0) is 13.3 Å². The molecule has 0 aliphatic carbocycles. The van der Waals surface area contributed by atoms with Crippen LogP contribution in [0, 0.1) is 0 Å². The fourth-order valence-corrected chi connectivity index (χ4v) is 0.775. The van der Waals surface area contributed by atoms with Crippen LogP contribution in [0.1, 0.15) is 20.3 Å². The van der Waals surface area contributed by atoms with E-state index >= 15 is 0 Å². The number of carboxylic acids is 1. The van der Waals surface area contributed by atoms with E-state index in [2.05, 4.69) is 0 Å². The molecule has 0 fully saturated rings. The summed E-state index contributed by atoms with van der Waals surface area (Å²) in [6, 6.07) is -1.38. The van der Waals surface area contributed by atoms with Gasteiger partial charge in [0.2, 0.25) is 5.91 Å². The monoisotopic (exact) mass is 242 g/mol. The minimum Gasteiger partial charge on any atom is -0.480 e. The standard InChI is InChI=1S/C8H13F3N2O3/c1-3-4(5(14)15)13-6(16)7(2,12)8(9,10)11/h4H,3,12H2,1-2H3,(H,13,16)(H,14,15). The zero-order valence-electron chi connectivity index (χ0n) is 8.76. The van der Waals surface area contributed by atoms with Gasteiger partial charge in [0.05, 0.1) is 0 Å². The Morgan fingerprint density at radius 3 is 2.12 bits per heavy atom. The van der Waals surface area contributed by atoms with Crippen LogP contribution in [0.15, 0.2) is 0 Å². The van der Waals surface area contributed by atoms with E-state index in [4.69, 9.17) is 10.8 Å². The van der Waals surface area contributed by atoms with Crippen molar-refractivity contribution in [2.75, 3.05) is 0 Å². The number of carboxylic acid groups (broad SMARTS) is 1. The minimum absolute atomic E-state index is 0.0327. The van der Waals surface area contributed by atoms with Crippen LogP contribution in [0.2, 0.25) is 0 Å². The van der Waals surface area contributed by atoms with Gasteiger partial charge in [0.25, 0.3) is 0 Å². The molecule has 2 unspecified atom stereocenters. The molecular formula is C8H13F3N2O3. The molecule has 8 heteroatoms. The number of carbonyl (C=O) groups excluding carboxylic acids is 1. The summed E-state index contributed by atoms with van der Waals surface area (Å²) in [7, 11) is 0. The van der Waals surface area contributed by atoms with Gasteiger partial charge < -0.3 is 16.2 Å². The van der Waals surface area contributed by atoms with E-state index < -0.39 is 29.6 Å². The highest BCUT2D eigenvalue weighted by Crippen LogP contribution is 2.28. The molecule has 0 rings (SSSR count). The summed E-state index contributed by atoms with van der Waals surface area (Å²) in [6.45, 7) is 1.90. The maximum Gasteiger partial charge on any atom is 0.415 e. The van der Waals surface area contributed by atoms with Gasteiger partial charge in [-0.1, -0.05) is 6.92 Å². The van der Waals surface area contributed by atoms with E-state index in [0.717, 1.165) is 0 Å². The minimum atomic E-state index is -4.94. The largest absolute Gasteiger partial charge is 0.480 e. The van der Waals surface area contributed by atoms with Crippen LogP contribution in [-0.4, -0.2) is 34.7 Å². The summed E-state index contributed by atoms with van der Waals surface area (Å²) in [4.78, 5) is 21.7. The number of halogens is 3. The first-order chi connectivity index (χ1) is 7.04. The van der Waals surface area contributed by atoms with Crippen molar-refractivity contribution in [2.45, 2.75) is 38.0 Å². The van der Waals surface area contributed by atoms with Crippen LogP contribution in [0.5, 0.6) is 0 Å². The third kappa shape index (κ3) is 3.09. The van der Waals surface area contributed by atoms with Gasteiger partial charge in [-0.15, -0.1) is 0 Å². The van der Waals surface area contributed by atoms with Gasteiger partial charge >= 0.3 is 12.1 Å². The maximum atomic E-state index is 12.3. The maximum absolute atomic E-state index is 12.3. The molecule has 0 spiro atoms. The third-order valence-electron chi connectivity index (χ3n) is 2.07. The average Bonchev–Trinajstić information content (AvgIpc) is 2.11. The van der Waals surface area contributed by atoms with Crippen molar-refractivity contribution in [3.63, 3.8) is 0 Å². The van der Waals surface area contributed by atoms with Gasteiger partial charge in [0, 0.05) is 0 Å². The molecule has 16 heavy (non-hydrogen) atoms. The Morgan fingerprint density at radius 1 is 1.44 bits per heavy atom. The zero-order valence-corrected chi connectivity index (χ0v) is 8.76. The fraction of sp³-hybridized carbons (Fsp3) is 0.750. The summed E-state index contributed by atoms with van der Waals surface area (Å²) in [5, 5.41) is 10.3. The molecule has 0 aromatic rings. The van der Waals surface area contributed by atoms with Crippen LogP contribution in [0.3, 0.4) is 0 Å². The van der Waals surface area contributed by atoms with Crippen molar-refractivity contribution < 1.29 is 27.9 Å². The van der Waals surface area contributed by atoms with Crippen molar-refractivity contribution in [2.24, 2.45) is 5.73 Å². The van der Waals surface area contributed by atoms with E-state index in [9.17, 15) is 22.8 Å². The number of hydrogen-bond donors (Lipinski definition) is 3. The van der Waals surface area contributed by atoms with Crippen LogP contribution in [0.25, 0.3) is 0 Å². The van der Waals surface area contributed by atoms with Gasteiger partial charge in [0.15, 0.2) is 5.54 Å². The smallest absolute Gasteiger partial charge is 0.415 e. The molecule has 0 aromatic heterocycles. The Hall–Kier alpha value is -1.31. The number of amides is 1. The molecule has 5 nitrogen and oxygen atoms in total. The van der Waals surface area contributed by atoms with Crippen LogP contribution >= 0.6 is 0 Å². The number of nitrogens with one attached hydrogen (secondary N) is 1. The molecular weight excluding hydrogens is 229 g/mol. The fourth-order valence-electron chi connectivity index (χ4n) is 0.775. The zero-order chi connectivity index (χ0) is 13.1. The first-order valence-electron chi connectivity index (χ1n) is 4.43. The molecule has 0 aliphatic heterocycles. The Morgan fingerprint density at radius 2 is 1.88 bits per heavy atom. The number of aliphatic carboxylic acids is 1. The highest BCUT2D eigenvalue weighted by Gasteiger charge is 2.54. The number of carbonyl (C=O) groups is 2. The third-order valence-corrected chi connectivity index (χ3v) is 2.07.